The summed E-state index contributed by atoms with van der Waals surface area (Å²) in [7, 11) is 3.13. The summed E-state index contributed by atoms with van der Waals surface area (Å²) in [5, 5.41) is 21.9. The first kappa shape index (κ1) is 19.4. The van der Waals surface area contributed by atoms with Crippen molar-refractivity contribution in [1.29, 1.82) is 5.26 Å². The molecular formula is C22H20N2O4S. The van der Waals surface area contributed by atoms with E-state index in [1.807, 2.05) is 24.3 Å². The van der Waals surface area contributed by atoms with Crippen LogP contribution in [0.5, 0.6) is 11.5 Å². The second-order valence-electron chi connectivity index (χ2n) is 6.93. The van der Waals surface area contributed by atoms with Crippen molar-refractivity contribution in [3.05, 3.63) is 70.3 Å². The van der Waals surface area contributed by atoms with Crippen molar-refractivity contribution in [3.63, 3.8) is 0 Å². The van der Waals surface area contributed by atoms with E-state index in [2.05, 4.69) is 6.07 Å². The predicted molar refractivity (Wildman–Crippen MR) is 109 cm³/mol. The number of rotatable bonds is 4. The van der Waals surface area contributed by atoms with E-state index >= 15 is 0 Å². The zero-order valence-corrected chi connectivity index (χ0v) is 16.9. The molecule has 0 bridgehead atoms. The van der Waals surface area contributed by atoms with E-state index in [-0.39, 0.29) is 24.0 Å². The van der Waals surface area contributed by atoms with Crippen LogP contribution in [0.15, 0.2) is 59.1 Å². The summed E-state index contributed by atoms with van der Waals surface area (Å²) in [6.07, 6.45) is 0.104. The number of allylic oxidation sites excluding steroid dienone is 1. The Hall–Kier alpha value is -2.95. The number of ether oxygens (including phenoxy) is 2. The number of carbonyl (C=O) groups excluding carboxylic acids is 1. The first-order valence-electron chi connectivity index (χ1n) is 9.13. The third-order valence-corrected chi connectivity index (χ3v) is 6.56. The maximum absolute atomic E-state index is 13.2. The van der Waals surface area contributed by atoms with Gasteiger partial charge in [0, 0.05) is 17.9 Å². The summed E-state index contributed by atoms with van der Waals surface area (Å²) in [4.78, 5) is 14.5. The average Bonchev–Trinajstić information content (AvgIpc) is 3.13. The van der Waals surface area contributed by atoms with Gasteiger partial charge in [-0.25, -0.2) is 0 Å². The lowest BCUT2D eigenvalue weighted by Crippen LogP contribution is -2.48. The number of aliphatic hydroxyl groups is 1. The molecule has 2 aromatic rings. The normalized spacial score (nSPS) is 23.6. The van der Waals surface area contributed by atoms with Gasteiger partial charge in [-0.2, -0.15) is 5.26 Å². The van der Waals surface area contributed by atoms with Gasteiger partial charge in [-0.1, -0.05) is 24.3 Å². The molecule has 1 fully saturated rings. The van der Waals surface area contributed by atoms with Gasteiger partial charge in [-0.3, -0.25) is 9.69 Å². The molecule has 0 aromatic heterocycles. The molecule has 2 unspecified atom stereocenters. The average molecular weight is 408 g/mol. The maximum Gasteiger partial charge on any atom is 0.231 e. The molecular weight excluding hydrogens is 388 g/mol. The molecule has 4 rings (SSSR count). The van der Waals surface area contributed by atoms with Gasteiger partial charge in [0.1, 0.15) is 11.5 Å². The van der Waals surface area contributed by atoms with Crippen molar-refractivity contribution in [1.82, 2.24) is 4.90 Å². The molecule has 2 aromatic carbocycles. The monoisotopic (exact) mass is 408 g/mol. The van der Waals surface area contributed by atoms with Crippen molar-refractivity contribution in [2.75, 3.05) is 20.0 Å². The Balaban J connectivity index is 1.79. The van der Waals surface area contributed by atoms with Gasteiger partial charge in [0.25, 0.3) is 0 Å². The minimum absolute atomic E-state index is 0.104. The van der Waals surface area contributed by atoms with E-state index in [0.29, 0.717) is 27.7 Å². The molecule has 1 amide bonds. The summed E-state index contributed by atoms with van der Waals surface area (Å²) >= 11 is 1.33. The van der Waals surface area contributed by atoms with E-state index in [1.54, 1.807) is 38.5 Å². The van der Waals surface area contributed by atoms with Crippen molar-refractivity contribution in [2.24, 2.45) is 0 Å². The Kier molecular flexibility index (Phi) is 4.99. The highest BCUT2D eigenvalue weighted by Crippen LogP contribution is 2.52. The number of nitrogens with zero attached hydrogens (tertiary/aromatic N) is 2. The summed E-state index contributed by atoms with van der Waals surface area (Å²) in [6, 6.07) is 16.7. The fraction of sp³-hybridized carbons (Fsp3) is 0.273. The summed E-state index contributed by atoms with van der Waals surface area (Å²) in [5.41, 5.74) is 0.373. The van der Waals surface area contributed by atoms with E-state index in [9.17, 15) is 15.2 Å². The van der Waals surface area contributed by atoms with Crippen LogP contribution in [0.3, 0.4) is 0 Å². The van der Waals surface area contributed by atoms with Crippen LogP contribution >= 0.6 is 11.8 Å². The first-order valence-corrected chi connectivity index (χ1v) is 10.1. The molecule has 2 atom stereocenters. The topological polar surface area (TPSA) is 82.8 Å². The molecule has 1 N–H and O–H groups in total. The van der Waals surface area contributed by atoms with Crippen LogP contribution in [0.2, 0.25) is 0 Å². The van der Waals surface area contributed by atoms with Gasteiger partial charge in [0.05, 0.1) is 36.6 Å². The van der Waals surface area contributed by atoms with Crippen LogP contribution in [-0.4, -0.2) is 35.9 Å². The van der Waals surface area contributed by atoms with Crippen LogP contribution < -0.4 is 9.47 Å². The minimum atomic E-state index is -1.52. The highest BCUT2D eigenvalue weighted by Gasteiger charge is 2.52. The van der Waals surface area contributed by atoms with Crippen molar-refractivity contribution < 1.29 is 19.4 Å². The molecule has 2 heterocycles. The number of thioether (sulfide) groups is 1. The van der Waals surface area contributed by atoms with Gasteiger partial charge in [-0.05, 0) is 29.8 Å². The molecule has 7 heteroatoms. The number of fused-ring (bicyclic) bond motifs is 1. The quantitative estimate of drug-likeness (QED) is 0.835. The molecule has 2 aliphatic heterocycles. The molecule has 0 radical (unpaired) electrons. The van der Waals surface area contributed by atoms with Crippen LogP contribution in [0.1, 0.15) is 23.5 Å². The molecule has 1 saturated heterocycles. The van der Waals surface area contributed by atoms with Crippen LogP contribution in [0.4, 0.5) is 0 Å². The molecule has 6 nitrogen and oxygen atoms in total. The molecule has 0 aliphatic carbocycles. The number of methoxy groups -OCH3 is 2. The van der Waals surface area contributed by atoms with E-state index in [4.69, 9.17) is 9.47 Å². The Morgan fingerprint density at radius 1 is 1.17 bits per heavy atom. The first-order chi connectivity index (χ1) is 14.0. The maximum atomic E-state index is 13.2. The van der Waals surface area contributed by atoms with Crippen molar-refractivity contribution >= 4 is 17.7 Å². The molecule has 29 heavy (non-hydrogen) atoms. The summed E-state index contributed by atoms with van der Waals surface area (Å²) < 4.78 is 10.6. The Labute approximate surface area is 173 Å². The lowest BCUT2D eigenvalue weighted by molar-refractivity contribution is -0.149. The van der Waals surface area contributed by atoms with Gasteiger partial charge in [0.15, 0.2) is 5.72 Å². The van der Waals surface area contributed by atoms with E-state index in [0.717, 1.165) is 5.56 Å². The number of hydrogen-bond acceptors (Lipinski definition) is 6. The van der Waals surface area contributed by atoms with Crippen LogP contribution in [0.25, 0.3) is 0 Å². The Morgan fingerprint density at radius 2 is 1.86 bits per heavy atom. The summed E-state index contributed by atoms with van der Waals surface area (Å²) in [6.45, 7) is 0. The molecule has 0 spiro atoms. The van der Waals surface area contributed by atoms with Gasteiger partial charge in [-0.15, -0.1) is 11.8 Å². The number of hydrogen-bond donors (Lipinski definition) is 1. The predicted octanol–water partition coefficient (Wildman–Crippen LogP) is 3.35. The van der Waals surface area contributed by atoms with Crippen LogP contribution in [0, 0.1) is 11.3 Å². The van der Waals surface area contributed by atoms with Crippen molar-refractivity contribution in [3.8, 4) is 17.6 Å². The third-order valence-electron chi connectivity index (χ3n) is 5.34. The molecule has 148 valence electrons. The number of benzene rings is 2. The fourth-order valence-corrected chi connectivity index (χ4v) is 5.21. The fourth-order valence-electron chi connectivity index (χ4n) is 3.85. The minimum Gasteiger partial charge on any atom is -0.497 e. The largest absolute Gasteiger partial charge is 0.497 e. The van der Waals surface area contributed by atoms with Crippen molar-refractivity contribution in [2.45, 2.75) is 18.1 Å². The lowest BCUT2D eigenvalue weighted by atomic mass is 9.85. The van der Waals surface area contributed by atoms with Gasteiger partial charge in [0.2, 0.25) is 5.91 Å². The lowest BCUT2D eigenvalue weighted by Gasteiger charge is -2.38. The highest BCUT2D eigenvalue weighted by atomic mass is 32.2. The van der Waals surface area contributed by atoms with Gasteiger partial charge < -0.3 is 14.6 Å². The number of amides is 1. The highest BCUT2D eigenvalue weighted by molar-refractivity contribution is 8.03. The summed E-state index contributed by atoms with van der Waals surface area (Å²) in [5.74, 6) is 0.928. The molecule has 0 saturated carbocycles. The Morgan fingerprint density at radius 3 is 2.55 bits per heavy atom. The second-order valence-corrected chi connectivity index (χ2v) is 7.89. The number of nitriles is 1. The molecule has 2 aliphatic rings. The SMILES string of the molecule is COc1cccc(C2CC(=O)N3C(=C2C#N)SCC3(O)c2cccc(OC)c2)c1. The van der Waals surface area contributed by atoms with Gasteiger partial charge >= 0.3 is 0 Å². The third kappa shape index (κ3) is 3.15. The number of carbonyl (C=O) groups is 1. The van der Waals surface area contributed by atoms with E-state index < -0.39 is 5.72 Å². The standard InChI is InChI=1S/C22H20N2O4S/c1-27-16-7-3-5-14(9-16)18-11-20(25)24-21(19(18)12-23)29-13-22(24,26)15-6-4-8-17(10-15)28-2/h3-10,18,26H,11,13H2,1-2H3. The van der Waals surface area contributed by atoms with Crippen LogP contribution in [-0.2, 0) is 10.5 Å². The Bertz CT molecular complexity index is 1050. The second kappa shape index (κ2) is 7.47. The zero-order chi connectivity index (χ0) is 20.6. The van der Waals surface area contributed by atoms with E-state index in [1.165, 1.54) is 16.7 Å². The smallest absolute Gasteiger partial charge is 0.231 e. The zero-order valence-electron chi connectivity index (χ0n) is 16.1.